The average Bonchev–Trinajstić information content (AvgIpc) is 3.41. The van der Waals surface area contributed by atoms with E-state index in [1.807, 2.05) is 73.7 Å². The molecule has 2 aliphatic heterocycles. The molecule has 3 N–H and O–H groups in total. The predicted molar refractivity (Wildman–Crippen MR) is 218 cm³/mol. The molecule has 2 bridgehead atoms. The van der Waals surface area contributed by atoms with E-state index in [2.05, 4.69) is 54.8 Å². The fourth-order valence-corrected chi connectivity index (χ4v) is 10.7. The molecule has 4 aromatic carbocycles. The first-order valence-corrected chi connectivity index (χ1v) is 21.4. The van der Waals surface area contributed by atoms with Crippen LogP contribution in [0.3, 0.4) is 0 Å². The lowest BCUT2D eigenvalue weighted by atomic mass is 9.65. The number of benzene rings is 4. The fraction of sp³-hybridized carbons (Fsp3) is 0.457. The lowest BCUT2D eigenvalue weighted by Crippen LogP contribution is -2.47. The first-order valence-electron chi connectivity index (χ1n) is 19.9. The van der Waals surface area contributed by atoms with Crippen molar-refractivity contribution in [2.45, 2.75) is 109 Å². The molecule has 7 unspecified atom stereocenters. The molecule has 10 heteroatoms. The van der Waals surface area contributed by atoms with Crippen LogP contribution in [0.4, 0.5) is 0 Å². The highest BCUT2D eigenvalue weighted by Crippen LogP contribution is 2.53. The molecule has 3 aliphatic rings. The van der Waals surface area contributed by atoms with Gasteiger partial charge in [0.05, 0.1) is 23.7 Å². The molecule has 298 valence electrons. The van der Waals surface area contributed by atoms with Crippen molar-refractivity contribution in [2.75, 3.05) is 13.1 Å². The third-order valence-electron chi connectivity index (χ3n) is 12.0. The molecule has 56 heavy (non-hydrogen) atoms. The highest BCUT2D eigenvalue weighted by molar-refractivity contribution is 7.89. The summed E-state index contributed by atoms with van der Waals surface area (Å²) in [4.78, 5) is 16.4. The van der Waals surface area contributed by atoms with Crippen LogP contribution in [0.25, 0.3) is 0 Å². The number of ether oxygens (including phenoxy) is 2. The van der Waals surface area contributed by atoms with Crippen molar-refractivity contribution in [3.63, 3.8) is 0 Å². The summed E-state index contributed by atoms with van der Waals surface area (Å²) in [6, 6.07) is 31.4. The number of fused-ring (bicyclic) bond motifs is 2. The third-order valence-corrected chi connectivity index (χ3v) is 13.5. The second-order valence-electron chi connectivity index (χ2n) is 17.6. The van der Waals surface area contributed by atoms with Crippen LogP contribution in [0.5, 0.6) is 0 Å². The molecular formula is C46H57N3O6S. The van der Waals surface area contributed by atoms with Crippen molar-refractivity contribution in [3.05, 3.63) is 137 Å². The highest BCUT2D eigenvalue weighted by atomic mass is 32.2. The second-order valence-corrected chi connectivity index (χ2v) is 19.3. The molecule has 7 rings (SSSR count). The van der Waals surface area contributed by atoms with Crippen LogP contribution in [0.15, 0.2) is 108 Å². The van der Waals surface area contributed by atoms with Crippen LogP contribution in [-0.2, 0) is 43.9 Å². The zero-order valence-corrected chi connectivity index (χ0v) is 34.1. The van der Waals surface area contributed by atoms with Crippen LogP contribution in [0.2, 0.25) is 0 Å². The van der Waals surface area contributed by atoms with Gasteiger partial charge in [0.2, 0.25) is 15.9 Å². The summed E-state index contributed by atoms with van der Waals surface area (Å²) in [6.45, 7) is 13.5. The number of nitrogens with one attached hydrogen (secondary N) is 2. The van der Waals surface area contributed by atoms with Gasteiger partial charge in [0.1, 0.15) is 6.04 Å². The molecule has 7 atom stereocenters. The molecule has 0 radical (unpaired) electrons. The maximum Gasteiger partial charge on any atom is 0.241 e. The number of nitrogens with zero attached hydrogens (tertiary/aromatic N) is 1. The van der Waals surface area contributed by atoms with E-state index in [1.54, 1.807) is 24.3 Å². The van der Waals surface area contributed by atoms with E-state index in [4.69, 9.17) is 9.47 Å². The minimum atomic E-state index is -3.95. The number of sulfonamides is 1. The number of aliphatic hydroxyl groups excluding tert-OH is 1. The van der Waals surface area contributed by atoms with Crippen molar-refractivity contribution >= 4 is 15.9 Å². The highest BCUT2D eigenvalue weighted by Gasteiger charge is 2.51. The number of rotatable bonds is 13. The summed E-state index contributed by atoms with van der Waals surface area (Å²) >= 11 is 0. The Kier molecular flexibility index (Phi) is 11.9. The normalized spacial score (nSPS) is 26.8. The monoisotopic (exact) mass is 779 g/mol. The van der Waals surface area contributed by atoms with Gasteiger partial charge in [0.25, 0.3) is 0 Å². The van der Waals surface area contributed by atoms with E-state index in [9.17, 15) is 18.3 Å². The topological polar surface area (TPSA) is 117 Å². The zero-order valence-electron chi connectivity index (χ0n) is 33.3. The Bertz CT molecular complexity index is 2060. The summed E-state index contributed by atoms with van der Waals surface area (Å²) in [5.41, 5.74) is 6.10. The van der Waals surface area contributed by atoms with E-state index in [1.165, 1.54) is 19.3 Å². The molecule has 1 aliphatic carbocycles. The Hall–Kier alpha value is -3.90. The lowest BCUT2D eigenvalue weighted by molar-refractivity contribution is -0.276. The summed E-state index contributed by atoms with van der Waals surface area (Å²) in [6.07, 6.45) is 3.00. The minimum Gasteiger partial charge on any atom is -0.392 e. The second kappa shape index (κ2) is 16.5. The first-order chi connectivity index (χ1) is 26.7. The Balaban J connectivity index is 1.06. The van der Waals surface area contributed by atoms with Crippen LogP contribution in [0, 0.1) is 23.7 Å². The van der Waals surface area contributed by atoms with Crippen molar-refractivity contribution in [1.82, 2.24) is 14.9 Å². The summed E-state index contributed by atoms with van der Waals surface area (Å²) in [5.74, 6) is -0.322. The SMILES string of the molecule is Cc1ccc(S(=O)(=O)NC(Cc2ccccc2)C(=O)NCc2ccc(C3OC(CN4CC5(C)CC4CC(C)(C)C5)C(C)C(c4ccc(CO)cc4)O3)cc2)cc1. The van der Waals surface area contributed by atoms with Gasteiger partial charge in [-0.25, -0.2) is 8.42 Å². The van der Waals surface area contributed by atoms with E-state index < -0.39 is 28.3 Å². The molecule has 9 nitrogen and oxygen atoms in total. The summed E-state index contributed by atoms with van der Waals surface area (Å²) < 4.78 is 43.0. The smallest absolute Gasteiger partial charge is 0.241 e. The minimum absolute atomic E-state index is 0.00922. The van der Waals surface area contributed by atoms with Gasteiger partial charge in [-0.3, -0.25) is 9.69 Å². The molecule has 1 saturated carbocycles. The van der Waals surface area contributed by atoms with Gasteiger partial charge in [0, 0.05) is 37.2 Å². The Morgan fingerprint density at radius 3 is 2.20 bits per heavy atom. The number of carbonyl (C=O) groups is 1. The number of hydrogen-bond donors (Lipinski definition) is 3. The van der Waals surface area contributed by atoms with Crippen LogP contribution < -0.4 is 10.0 Å². The van der Waals surface area contributed by atoms with Crippen molar-refractivity contribution in [1.29, 1.82) is 0 Å². The van der Waals surface area contributed by atoms with Gasteiger partial charge >= 0.3 is 0 Å². The molecule has 4 aromatic rings. The van der Waals surface area contributed by atoms with Gasteiger partial charge in [-0.2, -0.15) is 4.72 Å². The first kappa shape index (κ1) is 40.3. The zero-order chi connectivity index (χ0) is 39.7. The Morgan fingerprint density at radius 1 is 0.857 bits per heavy atom. The molecule has 2 saturated heterocycles. The number of aliphatic hydroxyl groups is 1. The standard InChI is InChI=1S/C46H57N3O6S/c1-31-11-21-39(22-12-31)56(52,53)48-40(23-33-9-7-6-8-10-33)43(51)47-26-34-13-19-37(20-14-34)44-54-41(27-49-30-46(5)25-38(49)24-45(3,4)29-46)32(2)42(55-44)36-17-15-35(28-50)16-18-36/h6-22,32,38,40-42,44,48,50H,23-30H2,1-5H3,(H,47,51). The van der Waals surface area contributed by atoms with Gasteiger partial charge in [0.15, 0.2) is 6.29 Å². The Labute approximate surface area is 332 Å². The fourth-order valence-electron chi connectivity index (χ4n) is 9.46. The summed E-state index contributed by atoms with van der Waals surface area (Å²) in [5, 5.41) is 12.6. The molecule has 0 aromatic heterocycles. The molecule has 2 heterocycles. The van der Waals surface area contributed by atoms with E-state index in [0.29, 0.717) is 16.9 Å². The van der Waals surface area contributed by atoms with Gasteiger partial charge in [-0.15, -0.1) is 0 Å². The molecule has 0 spiro atoms. The maximum absolute atomic E-state index is 13.6. The summed E-state index contributed by atoms with van der Waals surface area (Å²) in [7, 11) is -3.95. The van der Waals surface area contributed by atoms with Gasteiger partial charge in [-0.1, -0.05) is 124 Å². The number of amides is 1. The van der Waals surface area contributed by atoms with E-state index in [0.717, 1.165) is 46.5 Å². The third kappa shape index (κ3) is 9.44. The van der Waals surface area contributed by atoms with Crippen molar-refractivity contribution in [3.8, 4) is 0 Å². The van der Waals surface area contributed by atoms with Crippen LogP contribution in [-0.4, -0.2) is 55.6 Å². The average molecular weight is 780 g/mol. The van der Waals surface area contributed by atoms with E-state index in [-0.39, 0.29) is 42.6 Å². The van der Waals surface area contributed by atoms with Gasteiger partial charge < -0.3 is 19.9 Å². The molecule has 3 fully saturated rings. The van der Waals surface area contributed by atoms with Crippen LogP contribution >= 0.6 is 0 Å². The van der Waals surface area contributed by atoms with Crippen molar-refractivity contribution in [2.24, 2.45) is 16.7 Å². The van der Waals surface area contributed by atoms with Crippen molar-refractivity contribution < 1.29 is 27.8 Å². The van der Waals surface area contributed by atoms with Crippen LogP contribution in [0.1, 0.15) is 92.7 Å². The Morgan fingerprint density at radius 2 is 1.52 bits per heavy atom. The largest absolute Gasteiger partial charge is 0.392 e. The predicted octanol–water partition coefficient (Wildman–Crippen LogP) is 7.39. The quantitative estimate of drug-likeness (QED) is 0.130. The number of likely N-dealkylation sites (tertiary alicyclic amines) is 1. The molecular weight excluding hydrogens is 723 g/mol. The number of carbonyl (C=O) groups excluding carboxylic acids is 1. The number of aryl methyl sites for hydroxylation is 1. The molecule has 1 amide bonds. The van der Waals surface area contributed by atoms with Gasteiger partial charge in [-0.05, 0) is 77.8 Å². The maximum atomic E-state index is 13.6. The number of hydrogen-bond acceptors (Lipinski definition) is 7. The lowest BCUT2D eigenvalue weighted by Gasteiger charge is -2.43. The van der Waals surface area contributed by atoms with E-state index >= 15 is 0 Å².